The van der Waals surface area contributed by atoms with E-state index in [9.17, 15) is 5.11 Å². The zero-order chi connectivity index (χ0) is 12.4. The monoisotopic (exact) mass is 245 g/mol. The van der Waals surface area contributed by atoms with E-state index in [-0.39, 0.29) is 18.9 Å². The molecule has 2 aliphatic rings. The molecule has 2 heterocycles. The zero-order valence-electron chi connectivity index (χ0n) is 10.3. The van der Waals surface area contributed by atoms with Crippen LogP contribution in [-0.2, 0) is 19.0 Å². The molecular formula is C11H19NO5. The molecule has 2 rings (SSSR count). The molecule has 0 bridgehead atoms. The molecule has 4 atom stereocenters. The minimum absolute atomic E-state index is 0.255. The highest BCUT2D eigenvalue weighted by Gasteiger charge is 2.41. The Balaban J connectivity index is 2.17. The number of aliphatic hydroxyl groups is 1. The average Bonchev–Trinajstić information content (AvgIpc) is 2.32. The zero-order valence-corrected chi connectivity index (χ0v) is 10.3. The summed E-state index contributed by atoms with van der Waals surface area (Å²) in [5.74, 6) is 0.747. The van der Waals surface area contributed by atoms with Crippen molar-refractivity contribution in [2.24, 2.45) is 0 Å². The van der Waals surface area contributed by atoms with Gasteiger partial charge in [-0.1, -0.05) is 0 Å². The van der Waals surface area contributed by atoms with Crippen molar-refractivity contribution in [3.05, 3.63) is 11.8 Å². The number of methoxy groups -OCH3 is 1. The Morgan fingerprint density at radius 2 is 2.29 bits per heavy atom. The van der Waals surface area contributed by atoms with Gasteiger partial charge in [-0.15, -0.1) is 0 Å². The lowest BCUT2D eigenvalue weighted by Crippen LogP contribution is -2.56. The minimum Gasteiger partial charge on any atom is -0.499 e. The van der Waals surface area contributed by atoms with E-state index in [2.05, 4.69) is 0 Å². The topological polar surface area (TPSA) is 60.4 Å². The third-order valence-corrected chi connectivity index (χ3v) is 3.02. The second-order valence-electron chi connectivity index (χ2n) is 4.17. The highest BCUT2D eigenvalue weighted by atomic mass is 16.7. The van der Waals surface area contributed by atoms with E-state index in [0.717, 1.165) is 5.76 Å². The van der Waals surface area contributed by atoms with Crippen LogP contribution in [0.4, 0.5) is 0 Å². The number of hydroxylamine groups is 2. The first-order chi connectivity index (χ1) is 8.13. The molecule has 98 valence electrons. The molecule has 0 unspecified atom stereocenters. The number of nitrogens with zero attached hydrogens (tertiary/aromatic N) is 1. The molecule has 0 aromatic carbocycles. The van der Waals surface area contributed by atoms with Crippen LogP contribution in [0.1, 0.15) is 6.92 Å². The molecule has 1 fully saturated rings. The smallest absolute Gasteiger partial charge is 0.155 e. The van der Waals surface area contributed by atoms with Crippen LogP contribution in [0.2, 0.25) is 0 Å². The maximum absolute atomic E-state index is 9.96. The molecule has 0 aromatic rings. The fraction of sp³-hybridized carbons (Fsp3) is 0.818. The van der Waals surface area contributed by atoms with Gasteiger partial charge in [0, 0.05) is 7.05 Å². The average molecular weight is 245 g/mol. The first-order valence-electron chi connectivity index (χ1n) is 5.68. The number of hydrogen-bond acceptors (Lipinski definition) is 6. The predicted molar refractivity (Wildman–Crippen MR) is 58.9 cm³/mol. The maximum Gasteiger partial charge on any atom is 0.155 e. The van der Waals surface area contributed by atoms with Crippen LogP contribution >= 0.6 is 0 Å². The van der Waals surface area contributed by atoms with E-state index >= 15 is 0 Å². The van der Waals surface area contributed by atoms with E-state index in [1.807, 2.05) is 6.08 Å². The van der Waals surface area contributed by atoms with Gasteiger partial charge < -0.3 is 19.3 Å². The van der Waals surface area contributed by atoms with E-state index in [1.165, 1.54) is 0 Å². The van der Waals surface area contributed by atoms with Crippen molar-refractivity contribution in [3.8, 4) is 0 Å². The van der Waals surface area contributed by atoms with E-state index in [1.54, 1.807) is 26.1 Å². The minimum atomic E-state index is -0.695. The van der Waals surface area contributed by atoms with Crippen LogP contribution in [0.5, 0.6) is 0 Å². The van der Waals surface area contributed by atoms with Gasteiger partial charge >= 0.3 is 0 Å². The third kappa shape index (κ3) is 2.61. The fourth-order valence-electron chi connectivity index (χ4n) is 2.16. The van der Waals surface area contributed by atoms with Crippen LogP contribution in [0.3, 0.4) is 0 Å². The SMILES string of the molecule is COC1=CCON(C)[C@@H]1[C@@H]1O[C@H](C)OC[C@H]1O. The summed E-state index contributed by atoms with van der Waals surface area (Å²) in [6.07, 6.45) is 0.395. The van der Waals surface area contributed by atoms with Gasteiger partial charge in [0.1, 0.15) is 24.0 Å². The van der Waals surface area contributed by atoms with Crippen molar-refractivity contribution in [3.63, 3.8) is 0 Å². The van der Waals surface area contributed by atoms with Crippen LogP contribution in [-0.4, -0.2) is 62.1 Å². The molecule has 0 saturated carbocycles. The summed E-state index contributed by atoms with van der Waals surface area (Å²) in [4.78, 5) is 5.40. The van der Waals surface area contributed by atoms with Crippen molar-refractivity contribution in [1.82, 2.24) is 5.06 Å². The predicted octanol–water partition coefficient (Wildman–Crippen LogP) is -0.115. The van der Waals surface area contributed by atoms with Crippen molar-refractivity contribution >= 4 is 0 Å². The molecule has 1 N–H and O–H groups in total. The molecule has 0 radical (unpaired) electrons. The van der Waals surface area contributed by atoms with Crippen LogP contribution in [0.15, 0.2) is 11.8 Å². The largest absolute Gasteiger partial charge is 0.499 e. The Bertz CT molecular complexity index is 296. The number of aliphatic hydroxyl groups excluding tert-OH is 1. The van der Waals surface area contributed by atoms with Crippen molar-refractivity contribution in [2.45, 2.75) is 31.5 Å². The van der Waals surface area contributed by atoms with Crippen molar-refractivity contribution in [1.29, 1.82) is 0 Å². The van der Waals surface area contributed by atoms with Crippen molar-refractivity contribution < 1.29 is 24.2 Å². The van der Waals surface area contributed by atoms with Crippen molar-refractivity contribution in [2.75, 3.05) is 27.4 Å². The maximum atomic E-state index is 9.96. The Labute approximate surface area is 101 Å². The Hall–Kier alpha value is -0.660. The summed E-state index contributed by atoms with van der Waals surface area (Å²) in [6, 6.07) is -0.255. The summed E-state index contributed by atoms with van der Waals surface area (Å²) in [6.45, 7) is 2.52. The van der Waals surface area contributed by atoms with E-state index in [4.69, 9.17) is 19.0 Å². The van der Waals surface area contributed by atoms with Crippen LogP contribution < -0.4 is 0 Å². The van der Waals surface area contributed by atoms with Gasteiger partial charge in [-0.3, -0.25) is 4.84 Å². The van der Waals surface area contributed by atoms with Crippen LogP contribution in [0, 0.1) is 0 Å². The molecule has 0 amide bonds. The lowest BCUT2D eigenvalue weighted by atomic mass is 10.0. The Morgan fingerprint density at radius 1 is 1.53 bits per heavy atom. The molecule has 0 aromatic heterocycles. The molecule has 1 saturated heterocycles. The summed E-state index contributed by atoms with van der Waals surface area (Å²) in [5.41, 5.74) is 0. The highest BCUT2D eigenvalue weighted by molar-refractivity contribution is 5.10. The van der Waals surface area contributed by atoms with E-state index in [0.29, 0.717) is 6.61 Å². The quantitative estimate of drug-likeness (QED) is 0.732. The molecule has 0 spiro atoms. The van der Waals surface area contributed by atoms with Gasteiger partial charge in [-0.25, -0.2) is 0 Å². The number of hydrogen-bond donors (Lipinski definition) is 1. The summed E-state index contributed by atoms with van der Waals surface area (Å²) >= 11 is 0. The molecule has 6 nitrogen and oxygen atoms in total. The van der Waals surface area contributed by atoms with Gasteiger partial charge in [-0.2, -0.15) is 5.06 Å². The highest BCUT2D eigenvalue weighted by Crippen LogP contribution is 2.26. The molecule has 2 aliphatic heterocycles. The standard InChI is InChI=1S/C11H19NO5/c1-7-15-6-8(13)11(17-7)10-9(14-3)4-5-16-12(10)2/h4,7-8,10-11,13H,5-6H2,1-3H3/t7-,8-,10+,11-/m1/s1. The first kappa shape index (κ1) is 12.8. The molecule has 6 heteroatoms. The van der Waals surface area contributed by atoms with Gasteiger partial charge in [0.15, 0.2) is 6.29 Å². The summed E-state index contributed by atoms with van der Waals surface area (Å²) < 4.78 is 16.2. The second kappa shape index (κ2) is 5.32. The van der Waals surface area contributed by atoms with E-state index < -0.39 is 12.2 Å². The van der Waals surface area contributed by atoms with Gasteiger partial charge in [-0.05, 0) is 13.0 Å². The summed E-state index contributed by atoms with van der Waals surface area (Å²) in [5, 5.41) is 11.6. The first-order valence-corrected chi connectivity index (χ1v) is 5.68. The molecular weight excluding hydrogens is 226 g/mol. The van der Waals surface area contributed by atoms with Gasteiger partial charge in [0.25, 0.3) is 0 Å². The Kier molecular flexibility index (Phi) is 4.01. The molecule has 0 aliphatic carbocycles. The van der Waals surface area contributed by atoms with Gasteiger partial charge in [0.2, 0.25) is 0 Å². The lowest BCUT2D eigenvalue weighted by Gasteiger charge is -2.41. The fourth-order valence-corrected chi connectivity index (χ4v) is 2.16. The number of ether oxygens (including phenoxy) is 3. The molecule has 17 heavy (non-hydrogen) atoms. The normalized spacial score (nSPS) is 39.9. The van der Waals surface area contributed by atoms with Crippen LogP contribution in [0.25, 0.3) is 0 Å². The Morgan fingerprint density at radius 3 is 3.00 bits per heavy atom. The summed E-state index contributed by atoms with van der Waals surface area (Å²) in [7, 11) is 3.40. The number of likely N-dealkylation sites (N-methyl/N-ethyl adjacent to an activating group) is 1. The van der Waals surface area contributed by atoms with Gasteiger partial charge in [0.05, 0.1) is 20.3 Å². The second-order valence-corrected chi connectivity index (χ2v) is 4.17. The third-order valence-electron chi connectivity index (χ3n) is 3.02. The lowest BCUT2D eigenvalue weighted by molar-refractivity contribution is -0.282. The number of rotatable bonds is 2.